The van der Waals surface area contributed by atoms with E-state index >= 15 is 0 Å². The number of carbonyl (C=O) groups is 2. The number of carbonyl (C=O) groups excluding carboxylic acids is 2. The maximum atomic E-state index is 14.3. The lowest BCUT2D eigenvalue weighted by molar-refractivity contribution is -0.140. The van der Waals surface area contributed by atoms with Crippen LogP contribution in [0.1, 0.15) is 51.0 Å². The fourth-order valence-electron chi connectivity index (χ4n) is 5.30. The Kier molecular flexibility index (Phi) is 11.3. The number of anilines is 1. The third-order valence-corrected chi connectivity index (χ3v) is 9.97. The Balaban J connectivity index is 1.72. The van der Waals surface area contributed by atoms with Crippen molar-refractivity contribution in [1.82, 2.24) is 10.2 Å². The Morgan fingerprint density at radius 3 is 2.28 bits per heavy atom. The van der Waals surface area contributed by atoms with Crippen molar-refractivity contribution in [2.24, 2.45) is 0 Å². The average molecular weight is 647 g/mol. The molecule has 0 unspecified atom stereocenters. The summed E-state index contributed by atoms with van der Waals surface area (Å²) in [6.07, 6.45) is 5.36. The van der Waals surface area contributed by atoms with Gasteiger partial charge in [-0.15, -0.1) is 0 Å². The van der Waals surface area contributed by atoms with E-state index in [2.05, 4.69) is 5.32 Å². The van der Waals surface area contributed by atoms with Gasteiger partial charge in [0, 0.05) is 17.6 Å². The monoisotopic (exact) mass is 645 g/mol. The summed E-state index contributed by atoms with van der Waals surface area (Å²) in [5, 5.41) is 3.51. The van der Waals surface area contributed by atoms with Crippen LogP contribution in [0.15, 0.2) is 77.7 Å². The zero-order valence-electron chi connectivity index (χ0n) is 24.3. The summed E-state index contributed by atoms with van der Waals surface area (Å²) in [5.41, 5.74) is 0.826. The maximum Gasteiger partial charge on any atom is 0.264 e. The summed E-state index contributed by atoms with van der Waals surface area (Å²) in [6.45, 7) is 1.33. The molecule has 3 aromatic carbocycles. The van der Waals surface area contributed by atoms with Crippen LogP contribution in [0.2, 0.25) is 10.0 Å². The molecule has 4 rings (SSSR count). The van der Waals surface area contributed by atoms with Crippen LogP contribution in [0, 0.1) is 0 Å². The van der Waals surface area contributed by atoms with Gasteiger partial charge in [0.05, 0.1) is 22.7 Å². The van der Waals surface area contributed by atoms with E-state index in [9.17, 15) is 18.0 Å². The molecule has 0 saturated heterocycles. The molecule has 1 aliphatic rings. The lowest BCUT2D eigenvalue weighted by Crippen LogP contribution is -2.54. The summed E-state index contributed by atoms with van der Waals surface area (Å²) in [4.78, 5) is 29.4. The predicted octanol–water partition coefficient (Wildman–Crippen LogP) is 6.45. The molecule has 230 valence electrons. The first-order chi connectivity index (χ1) is 20.6. The van der Waals surface area contributed by atoms with E-state index in [1.54, 1.807) is 43.5 Å². The number of ether oxygens (including phenoxy) is 1. The van der Waals surface area contributed by atoms with Crippen molar-refractivity contribution in [3.8, 4) is 5.75 Å². The molecule has 0 heterocycles. The molecule has 11 heteroatoms. The highest BCUT2D eigenvalue weighted by Crippen LogP contribution is 2.33. The molecule has 1 N–H and O–H groups in total. The second kappa shape index (κ2) is 14.9. The Hall–Kier alpha value is -3.27. The molecule has 0 radical (unpaired) electrons. The molecule has 43 heavy (non-hydrogen) atoms. The third-order valence-electron chi connectivity index (χ3n) is 7.64. The number of hydrogen-bond donors (Lipinski definition) is 1. The fourth-order valence-corrected chi connectivity index (χ4v) is 7.18. The Morgan fingerprint density at radius 1 is 0.977 bits per heavy atom. The molecule has 0 bridgehead atoms. The number of benzene rings is 3. The van der Waals surface area contributed by atoms with Gasteiger partial charge in [-0.05, 0) is 67.3 Å². The first-order valence-corrected chi connectivity index (χ1v) is 16.6. The third kappa shape index (κ3) is 8.22. The van der Waals surface area contributed by atoms with E-state index < -0.39 is 28.5 Å². The van der Waals surface area contributed by atoms with Crippen LogP contribution >= 0.6 is 23.2 Å². The largest absolute Gasteiger partial charge is 0.497 e. The lowest BCUT2D eigenvalue weighted by Gasteiger charge is -2.34. The van der Waals surface area contributed by atoms with Gasteiger partial charge in [0.25, 0.3) is 10.0 Å². The van der Waals surface area contributed by atoms with Gasteiger partial charge in [-0.2, -0.15) is 0 Å². The zero-order chi connectivity index (χ0) is 31.0. The number of rotatable bonds is 12. The van der Waals surface area contributed by atoms with E-state index in [4.69, 9.17) is 27.9 Å². The van der Waals surface area contributed by atoms with Gasteiger partial charge >= 0.3 is 0 Å². The molecule has 0 aliphatic heterocycles. The number of nitrogens with one attached hydrogen (secondary N) is 1. The zero-order valence-corrected chi connectivity index (χ0v) is 26.7. The number of nitrogens with zero attached hydrogens (tertiary/aromatic N) is 2. The number of sulfonamides is 1. The van der Waals surface area contributed by atoms with Gasteiger partial charge in [-0.1, -0.05) is 79.7 Å². The summed E-state index contributed by atoms with van der Waals surface area (Å²) >= 11 is 12.7. The number of methoxy groups -OCH3 is 1. The fraction of sp³-hybridized carbons (Fsp3) is 0.375. The van der Waals surface area contributed by atoms with Crippen molar-refractivity contribution < 1.29 is 22.7 Å². The molecule has 3 aromatic rings. The van der Waals surface area contributed by atoms with E-state index in [1.807, 2.05) is 19.1 Å². The second-order valence-corrected chi connectivity index (χ2v) is 13.3. The SMILES string of the molecule is CC[C@@H](C(=O)NC1CCCCC1)N(Cc1ccc(OC)cc1)C(=O)CN(c1cc(Cl)ccc1Cl)S(=O)(=O)c1ccccc1. The summed E-state index contributed by atoms with van der Waals surface area (Å²) in [6, 6.07) is 18.7. The van der Waals surface area contributed by atoms with E-state index in [0.29, 0.717) is 12.2 Å². The summed E-state index contributed by atoms with van der Waals surface area (Å²) in [5.74, 6) is -0.161. The molecule has 0 aromatic heterocycles. The Bertz CT molecular complexity index is 1500. The number of amides is 2. The first kappa shape index (κ1) is 32.6. The van der Waals surface area contributed by atoms with Crippen LogP contribution in [-0.4, -0.2) is 50.9 Å². The quantitative estimate of drug-likeness (QED) is 0.244. The van der Waals surface area contributed by atoms with Gasteiger partial charge in [-0.3, -0.25) is 13.9 Å². The van der Waals surface area contributed by atoms with Gasteiger partial charge < -0.3 is 15.0 Å². The highest BCUT2D eigenvalue weighted by atomic mass is 35.5. The average Bonchev–Trinajstić information content (AvgIpc) is 3.02. The molecule has 0 spiro atoms. The highest BCUT2D eigenvalue weighted by Gasteiger charge is 2.35. The van der Waals surface area contributed by atoms with Crippen LogP contribution in [0.3, 0.4) is 0 Å². The van der Waals surface area contributed by atoms with Crippen LogP contribution in [0.5, 0.6) is 5.75 Å². The van der Waals surface area contributed by atoms with Crippen molar-refractivity contribution in [2.45, 2.75) is 69.0 Å². The van der Waals surface area contributed by atoms with Crippen molar-refractivity contribution in [3.63, 3.8) is 0 Å². The molecule has 1 saturated carbocycles. The van der Waals surface area contributed by atoms with Crippen molar-refractivity contribution in [2.75, 3.05) is 18.0 Å². The lowest BCUT2D eigenvalue weighted by atomic mass is 9.95. The predicted molar refractivity (Wildman–Crippen MR) is 170 cm³/mol. The topological polar surface area (TPSA) is 96.0 Å². The summed E-state index contributed by atoms with van der Waals surface area (Å²) in [7, 11) is -2.69. The molecule has 1 fully saturated rings. The van der Waals surface area contributed by atoms with Crippen LogP contribution < -0.4 is 14.4 Å². The van der Waals surface area contributed by atoms with E-state index in [1.165, 1.54) is 29.2 Å². The first-order valence-electron chi connectivity index (χ1n) is 14.4. The Morgan fingerprint density at radius 2 is 1.65 bits per heavy atom. The molecule has 1 atom stereocenters. The van der Waals surface area contributed by atoms with Gasteiger partial charge in [0.2, 0.25) is 11.8 Å². The number of hydrogen-bond acceptors (Lipinski definition) is 5. The van der Waals surface area contributed by atoms with Gasteiger partial charge in [-0.25, -0.2) is 8.42 Å². The van der Waals surface area contributed by atoms with Gasteiger partial charge in [0.1, 0.15) is 18.3 Å². The summed E-state index contributed by atoms with van der Waals surface area (Å²) < 4.78 is 34.2. The van der Waals surface area contributed by atoms with Crippen LogP contribution in [0.25, 0.3) is 0 Å². The Labute approximate surface area is 264 Å². The number of halogens is 2. The van der Waals surface area contributed by atoms with E-state index in [0.717, 1.165) is 42.0 Å². The molecule has 8 nitrogen and oxygen atoms in total. The minimum absolute atomic E-state index is 0.0115. The normalized spacial score (nSPS) is 14.5. The highest BCUT2D eigenvalue weighted by molar-refractivity contribution is 7.92. The van der Waals surface area contributed by atoms with E-state index in [-0.39, 0.29) is 39.1 Å². The molecular formula is C32H37Cl2N3O5S. The molecule has 1 aliphatic carbocycles. The molecule has 2 amide bonds. The minimum atomic E-state index is -4.25. The minimum Gasteiger partial charge on any atom is -0.497 e. The van der Waals surface area contributed by atoms with Gasteiger partial charge in [0.15, 0.2) is 0 Å². The smallest absolute Gasteiger partial charge is 0.264 e. The van der Waals surface area contributed by atoms with Crippen molar-refractivity contribution >= 4 is 50.7 Å². The molecular weight excluding hydrogens is 609 g/mol. The van der Waals surface area contributed by atoms with Crippen LogP contribution in [-0.2, 0) is 26.2 Å². The van der Waals surface area contributed by atoms with Crippen molar-refractivity contribution in [3.05, 3.63) is 88.4 Å². The van der Waals surface area contributed by atoms with Crippen molar-refractivity contribution in [1.29, 1.82) is 0 Å². The standard InChI is InChI=1S/C32H37Cl2N3O5S/c1-3-29(32(39)35-25-10-6-4-7-11-25)36(21-23-14-17-26(42-2)18-15-23)31(38)22-37(30-20-24(33)16-19-28(30)34)43(40,41)27-12-8-5-9-13-27/h5,8-9,12-20,25,29H,3-4,6-7,10-11,21-22H2,1-2H3,(H,35,39)/t29-/m0/s1. The second-order valence-electron chi connectivity index (χ2n) is 10.6. The van der Waals surface area contributed by atoms with Crippen LogP contribution in [0.4, 0.5) is 5.69 Å². The maximum absolute atomic E-state index is 14.3.